The molecule has 1 saturated heterocycles. The number of carboxylic acid groups (broad SMARTS) is 1. The predicted octanol–water partition coefficient (Wildman–Crippen LogP) is -0.638. The molecule has 10 heteroatoms. The molecule has 9 nitrogen and oxygen atoms in total. The van der Waals surface area contributed by atoms with E-state index in [4.69, 9.17) is 0 Å². The van der Waals surface area contributed by atoms with Crippen LogP contribution in [-0.4, -0.2) is 48.0 Å². The van der Waals surface area contributed by atoms with Crippen LogP contribution in [-0.2, 0) is 16.1 Å². The molecular formula is C15H17N3O6S. The molecule has 0 saturated carbocycles. The zero-order valence-corrected chi connectivity index (χ0v) is 14.6. The monoisotopic (exact) mass is 367 g/mol. The van der Waals surface area contributed by atoms with E-state index in [1.165, 1.54) is 18.0 Å². The summed E-state index contributed by atoms with van der Waals surface area (Å²) in [6, 6.07) is 0. The molecule has 3 heterocycles. The lowest BCUT2D eigenvalue weighted by molar-refractivity contribution is -0.185. The van der Waals surface area contributed by atoms with Gasteiger partial charge in [-0.25, -0.2) is 4.79 Å². The number of aliphatic hydroxyl groups excluding tert-OH is 1. The van der Waals surface area contributed by atoms with Crippen molar-refractivity contribution in [3.63, 3.8) is 0 Å². The highest BCUT2D eigenvalue weighted by atomic mass is 32.2. The third-order valence-electron chi connectivity index (χ3n) is 4.77. The minimum atomic E-state index is -1.91. The maximum absolute atomic E-state index is 12.3. The maximum Gasteiger partial charge on any atom is 0.328 e. The molecule has 0 spiro atoms. The van der Waals surface area contributed by atoms with Crippen LogP contribution in [0.3, 0.4) is 0 Å². The van der Waals surface area contributed by atoms with Gasteiger partial charge in [0.15, 0.2) is 0 Å². The van der Waals surface area contributed by atoms with Crippen LogP contribution >= 0.6 is 11.8 Å². The molecule has 3 rings (SSSR count). The number of aromatic amines is 1. The van der Waals surface area contributed by atoms with Crippen molar-refractivity contribution < 1.29 is 19.8 Å². The fourth-order valence-corrected chi connectivity index (χ4v) is 4.62. The van der Waals surface area contributed by atoms with Gasteiger partial charge in [-0.2, -0.15) is 0 Å². The Bertz CT molecular complexity index is 930. The SMILES string of the molecule is Cc1[nH]c(=O)n(CC2=CN3C(=O)[C@](C(=O)O)([C@@H](C)O)[C@H]3S2)c(=O)c1C. The Labute approximate surface area is 146 Å². The van der Waals surface area contributed by atoms with E-state index in [-0.39, 0.29) is 6.54 Å². The molecule has 0 unspecified atom stereocenters. The number of carbonyl (C=O) groups excluding carboxylic acids is 1. The van der Waals surface area contributed by atoms with Crippen LogP contribution in [0.4, 0.5) is 0 Å². The number of amides is 1. The van der Waals surface area contributed by atoms with Crippen LogP contribution in [0.1, 0.15) is 18.2 Å². The number of nitrogens with zero attached hydrogens (tertiary/aromatic N) is 2. The number of carboxylic acids is 1. The lowest BCUT2D eigenvalue weighted by atomic mass is 9.74. The highest BCUT2D eigenvalue weighted by molar-refractivity contribution is 8.04. The predicted molar refractivity (Wildman–Crippen MR) is 88.9 cm³/mol. The molecule has 0 aromatic carbocycles. The average Bonchev–Trinajstić information content (AvgIpc) is 2.89. The minimum absolute atomic E-state index is 0.0737. The van der Waals surface area contributed by atoms with Gasteiger partial charge < -0.3 is 20.1 Å². The summed E-state index contributed by atoms with van der Waals surface area (Å²) >= 11 is 1.06. The van der Waals surface area contributed by atoms with Crippen molar-refractivity contribution in [2.24, 2.45) is 5.41 Å². The number of hydrogen-bond acceptors (Lipinski definition) is 6. The van der Waals surface area contributed by atoms with Gasteiger partial charge in [-0.15, -0.1) is 0 Å². The number of aromatic nitrogens is 2. The molecule has 2 aliphatic rings. The highest BCUT2D eigenvalue weighted by Crippen LogP contribution is 2.54. The van der Waals surface area contributed by atoms with Crippen molar-refractivity contribution in [1.82, 2.24) is 14.5 Å². The van der Waals surface area contributed by atoms with Crippen LogP contribution in [0.2, 0.25) is 0 Å². The Morgan fingerprint density at radius 1 is 1.40 bits per heavy atom. The minimum Gasteiger partial charge on any atom is -0.480 e. The lowest BCUT2D eigenvalue weighted by Gasteiger charge is -2.49. The number of aliphatic hydroxyl groups is 1. The fraction of sp³-hybridized carbons (Fsp3) is 0.467. The average molecular weight is 367 g/mol. The van der Waals surface area contributed by atoms with Crippen LogP contribution < -0.4 is 11.2 Å². The molecule has 0 aliphatic carbocycles. The Morgan fingerprint density at radius 2 is 2.04 bits per heavy atom. The van der Waals surface area contributed by atoms with Crippen molar-refractivity contribution in [3.05, 3.63) is 43.2 Å². The van der Waals surface area contributed by atoms with Gasteiger partial charge >= 0.3 is 11.7 Å². The largest absolute Gasteiger partial charge is 0.480 e. The molecule has 1 aromatic rings. The quantitative estimate of drug-likeness (QED) is 0.476. The maximum atomic E-state index is 12.3. The van der Waals surface area contributed by atoms with Gasteiger partial charge in [0.25, 0.3) is 11.5 Å². The molecule has 1 fully saturated rings. The van der Waals surface area contributed by atoms with Gasteiger partial charge in [-0.1, -0.05) is 11.8 Å². The Morgan fingerprint density at radius 3 is 2.60 bits per heavy atom. The van der Waals surface area contributed by atoms with E-state index >= 15 is 0 Å². The summed E-state index contributed by atoms with van der Waals surface area (Å²) in [6.45, 7) is 4.41. The summed E-state index contributed by atoms with van der Waals surface area (Å²) in [7, 11) is 0. The van der Waals surface area contributed by atoms with Crippen molar-refractivity contribution in [2.45, 2.75) is 38.8 Å². The van der Waals surface area contributed by atoms with Gasteiger partial charge in [0.1, 0.15) is 5.37 Å². The number of nitrogens with one attached hydrogen (secondary N) is 1. The molecule has 0 bridgehead atoms. The van der Waals surface area contributed by atoms with Crippen molar-refractivity contribution in [1.29, 1.82) is 0 Å². The molecule has 25 heavy (non-hydrogen) atoms. The molecule has 1 amide bonds. The van der Waals surface area contributed by atoms with Gasteiger partial charge in [0.05, 0.1) is 12.6 Å². The van der Waals surface area contributed by atoms with E-state index < -0.39 is 40.0 Å². The fourth-order valence-electron chi connectivity index (χ4n) is 3.10. The first-order valence-electron chi connectivity index (χ1n) is 7.54. The van der Waals surface area contributed by atoms with Crippen LogP contribution in [0.15, 0.2) is 20.7 Å². The first kappa shape index (κ1) is 17.5. The highest BCUT2D eigenvalue weighted by Gasteiger charge is 2.70. The number of allylic oxidation sites excluding steroid dienone is 1. The number of fused-ring (bicyclic) bond motifs is 1. The first-order chi connectivity index (χ1) is 11.6. The Balaban J connectivity index is 1.92. The standard InChI is InChI=1S/C15H17N3O6S/c1-6-7(2)16-14(24)17(10(6)20)4-9-5-18-11(21)15(8(3)19,13(22)23)12(18)25-9/h5,8,12,19H,4H2,1-3H3,(H,16,24)(H,22,23)/t8-,12-,15-/m1/s1. The zero-order chi connectivity index (χ0) is 18.7. The third kappa shape index (κ3) is 2.20. The topological polar surface area (TPSA) is 133 Å². The van der Waals surface area contributed by atoms with Crippen LogP contribution in [0, 0.1) is 19.3 Å². The molecule has 134 valence electrons. The molecular weight excluding hydrogens is 350 g/mol. The summed E-state index contributed by atoms with van der Waals surface area (Å²) in [6.07, 6.45) is 0.0641. The second-order valence-corrected chi connectivity index (χ2v) is 7.41. The van der Waals surface area contributed by atoms with E-state index in [1.807, 2.05) is 0 Å². The number of aliphatic carboxylic acids is 1. The second-order valence-electron chi connectivity index (χ2n) is 6.20. The number of thioether (sulfide) groups is 1. The molecule has 3 atom stereocenters. The van der Waals surface area contributed by atoms with E-state index in [9.17, 15) is 29.4 Å². The van der Waals surface area contributed by atoms with E-state index in [0.717, 1.165) is 16.3 Å². The summed E-state index contributed by atoms with van der Waals surface area (Å²) in [5.41, 5.74) is -2.04. The molecule has 0 radical (unpaired) electrons. The normalized spacial score (nSPS) is 26.1. The van der Waals surface area contributed by atoms with Gasteiger partial charge in [-0.05, 0) is 20.8 Å². The summed E-state index contributed by atoms with van der Waals surface area (Å²) in [5.74, 6) is -2.10. The van der Waals surface area contributed by atoms with Gasteiger partial charge in [0, 0.05) is 22.4 Å². The smallest absolute Gasteiger partial charge is 0.328 e. The number of β-lactam (4-membered cyclic amide) rings is 1. The zero-order valence-electron chi connectivity index (χ0n) is 13.8. The van der Waals surface area contributed by atoms with Crippen molar-refractivity contribution in [2.75, 3.05) is 0 Å². The Hall–Kier alpha value is -2.33. The molecule has 2 aliphatic heterocycles. The molecule has 1 aromatic heterocycles. The van der Waals surface area contributed by atoms with Crippen molar-refractivity contribution in [3.8, 4) is 0 Å². The third-order valence-corrected chi connectivity index (χ3v) is 6.13. The number of aryl methyl sites for hydroxylation is 1. The number of H-pyrrole nitrogens is 1. The van der Waals surface area contributed by atoms with E-state index in [0.29, 0.717) is 16.2 Å². The number of hydrogen-bond donors (Lipinski definition) is 3. The van der Waals surface area contributed by atoms with Gasteiger partial charge in [0.2, 0.25) is 5.41 Å². The second kappa shape index (κ2) is 5.60. The number of carbonyl (C=O) groups is 2. The Kier molecular flexibility index (Phi) is 3.92. The summed E-state index contributed by atoms with van der Waals surface area (Å²) in [4.78, 5) is 52.5. The van der Waals surface area contributed by atoms with Crippen LogP contribution in [0.25, 0.3) is 0 Å². The lowest BCUT2D eigenvalue weighted by Crippen LogP contribution is -2.71. The van der Waals surface area contributed by atoms with E-state index in [2.05, 4.69) is 4.98 Å². The first-order valence-corrected chi connectivity index (χ1v) is 8.42. The summed E-state index contributed by atoms with van der Waals surface area (Å²) in [5, 5.41) is 18.5. The molecule has 3 N–H and O–H groups in total. The van der Waals surface area contributed by atoms with Crippen molar-refractivity contribution >= 4 is 23.6 Å². The van der Waals surface area contributed by atoms with Gasteiger partial charge in [-0.3, -0.25) is 19.0 Å². The van der Waals surface area contributed by atoms with E-state index in [1.54, 1.807) is 13.8 Å². The van der Waals surface area contributed by atoms with Crippen LogP contribution in [0.5, 0.6) is 0 Å². The summed E-state index contributed by atoms with van der Waals surface area (Å²) < 4.78 is 1.00. The number of rotatable bonds is 4.